The van der Waals surface area contributed by atoms with Crippen LogP contribution >= 0.6 is 24.0 Å². The lowest BCUT2D eigenvalue weighted by Crippen LogP contribution is -2.22. The Morgan fingerprint density at radius 1 is 1.04 bits per heavy atom. The lowest BCUT2D eigenvalue weighted by Gasteiger charge is -2.11. The van der Waals surface area contributed by atoms with Gasteiger partial charge in [0.25, 0.3) is 0 Å². The molecule has 26 heavy (non-hydrogen) atoms. The number of rotatable bonds is 7. The molecule has 0 fully saturated rings. The molecule has 0 radical (unpaired) electrons. The van der Waals surface area contributed by atoms with E-state index in [0.717, 1.165) is 17.0 Å². The SMILES string of the molecule is COc1ccc(NC(N)=NCc2ccc(OC(C)C)cc2)cc1OC.I. The monoisotopic (exact) mass is 471 g/mol. The van der Waals surface area contributed by atoms with Crippen LogP contribution in [0, 0.1) is 0 Å². The first kappa shape index (κ1) is 21.9. The van der Waals surface area contributed by atoms with Gasteiger partial charge in [-0.3, -0.25) is 0 Å². The van der Waals surface area contributed by atoms with Gasteiger partial charge in [0.1, 0.15) is 5.75 Å². The van der Waals surface area contributed by atoms with E-state index in [2.05, 4.69) is 10.3 Å². The molecule has 2 rings (SSSR count). The number of methoxy groups -OCH3 is 2. The molecule has 0 atom stereocenters. The number of aliphatic imine (C=N–C) groups is 1. The van der Waals surface area contributed by atoms with Crippen LogP contribution in [0.25, 0.3) is 0 Å². The maximum atomic E-state index is 5.95. The molecule has 0 amide bonds. The van der Waals surface area contributed by atoms with Gasteiger partial charge >= 0.3 is 0 Å². The number of benzene rings is 2. The standard InChI is InChI=1S/C19H25N3O3.HI/c1-13(2)25-16-8-5-14(6-9-16)12-21-19(20)22-15-7-10-17(23-3)18(11-15)24-4;/h5-11,13H,12H2,1-4H3,(H3,20,21,22);1H. The Balaban J connectivity index is 0.00000338. The van der Waals surface area contributed by atoms with E-state index in [-0.39, 0.29) is 30.1 Å². The van der Waals surface area contributed by atoms with Gasteiger partial charge in [0.15, 0.2) is 17.5 Å². The summed E-state index contributed by atoms with van der Waals surface area (Å²) in [6.45, 7) is 4.48. The zero-order valence-electron chi connectivity index (χ0n) is 15.5. The van der Waals surface area contributed by atoms with Crippen LogP contribution in [0.4, 0.5) is 5.69 Å². The highest BCUT2D eigenvalue weighted by molar-refractivity contribution is 14.0. The molecule has 0 aromatic heterocycles. The van der Waals surface area contributed by atoms with Gasteiger partial charge in [0.2, 0.25) is 0 Å². The molecule has 142 valence electrons. The van der Waals surface area contributed by atoms with E-state index in [0.29, 0.717) is 24.0 Å². The van der Waals surface area contributed by atoms with E-state index in [1.807, 2.05) is 50.2 Å². The minimum absolute atomic E-state index is 0. The first-order chi connectivity index (χ1) is 12.0. The molecule has 2 aromatic rings. The first-order valence-electron chi connectivity index (χ1n) is 8.06. The van der Waals surface area contributed by atoms with E-state index in [4.69, 9.17) is 19.9 Å². The minimum Gasteiger partial charge on any atom is -0.493 e. The van der Waals surface area contributed by atoms with E-state index in [1.54, 1.807) is 20.3 Å². The normalized spacial score (nSPS) is 10.9. The molecular formula is C19H26IN3O3. The van der Waals surface area contributed by atoms with Crippen molar-refractivity contribution in [2.75, 3.05) is 19.5 Å². The zero-order chi connectivity index (χ0) is 18.2. The number of anilines is 1. The summed E-state index contributed by atoms with van der Waals surface area (Å²) in [4.78, 5) is 4.35. The number of nitrogens with one attached hydrogen (secondary N) is 1. The summed E-state index contributed by atoms with van der Waals surface area (Å²) < 4.78 is 16.1. The predicted octanol–water partition coefficient (Wildman–Crippen LogP) is 4.04. The summed E-state index contributed by atoms with van der Waals surface area (Å²) in [6, 6.07) is 13.3. The number of ether oxygens (including phenoxy) is 3. The van der Waals surface area contributed by atoms with Crippen molar-refractivity contribution in [2.45, 2.75) is 26.5 Å². The van der Waals surface area contributed by atoms with Crippen molar-refractivity contribution >= 4 is 35.6 Å². The molecule has 0 aliphatic rings. The van der Waals surface area contributed by atoms with Gasteiger partial charge in [-0.15, -0.1) is 24.0 Å². The maximum Gasteiger partial charge on any atom is 0.193 e. The van der Waals surface area contributed by atoms with E-state index in [9.17, 15) is 0 Å². The summed E-state index contributed by atoms with van der Waals surface area (Å²) >= 11 is 0. The predicted molar refractivity (Wildman–Crippen MR) is 116 cm³/mol. The second-order valence-corrected chi connectivity index (χ2v) is 5.71. The lowest BCUT2D eigenvalue weighted by molar-refractivity contribution is 0.242. The van der Waals surface area contributed by atoms with E-state index in [1.165, 1.54) is 0 Å². The van der Waals surface area contributed by atoms with Crippen LogP contribution in [0.1, 0.15) is 19.4 Å². The van der Waals surface area contributed by atoms with Crippen molar-refractivity contribution in [1.82, 2.24) is 0 Å². The molecule has 0 saturated carbocycles. The molecule has 0 aliphatic heterocycles. The van der Waals surface area contributed by atoms with Crippen LogP contribution in [0.5, 0.6) is 17.2 Å². The van der Waals surface area contributed by atoms with E-state index < -0.39 is 0 Å². The fourth-order valence-corrected chi connectivity index (χ4v) is 2.22. The van der Waals surface area contributed by atoms with Crippen molar-refractivity contribution in [3.8, 4) is 17.2 Å². The quantitative estimate of drug-likeness (QED) is 0.362. The lowest BCUT2D eigenvalue weighted by atomic mass is 10.2. The number of nitrogens with two attached hydrogens (primary N) is 1. The van der Waals surface area contributed by atoms with Crippen LogP contribution < -0.4 is 25.3 Å². The number of guanidine groups is 1. The highest BCUT2D eigenvalue weighted by atomic mass is 127. The second-order valence-electron chi connectivity index (χ2n) is 5.71. The molecule has 6 nitrogen and oxygen atoms in total. The van der Waals surface area contributed by atoms with Gasteiger partial charge in [-0.1, -0.05) is 12.1 Å². The van der Waals surface area contributed by atoms with E-state index >= 15 is 0 Å². The third kappa shape index (κ3) is 6.62. The number of hydrogen-bond acceptors (Lipinski definition) is 4. The molecule has 0 spiro atoms. The highest BCUT2D eigenvalue weighted by Gasteiger charge is 2.05. The number of nitrogens with zero attached hydrogens (tertiary/aromatic N) is 1. The van der Waals surface area contributed by atoms with Gasteiger partial charge < -0.3 is 25.3 Å². The summed E-state index contributed by atoms with van der Waals surface area (Å²) in [5, 5.41) is 3.04. The van der Waals surface area contributed by atoms with Crippen LogP contribution in [0.3, 0.4) is 0 Å². The Morgan fingerprint density at radius 3 is 2.27 bits per heavy atom. The van der Waals surface area contributed by atoms with Gasteiger partial charge in [0, 0.05) is 11.8 Å². The van der Waals surface area contributed by atoms with Crippen molar-refractivity contribution in [3.05, 3.63) is 48.0 Å². The van der Waals surface area contributed by atoms with Crippen molar-refractivity contribution in [3.63, 3.8) is 0 Å². The average Bonchev–Trinajstić information content (AvgIpc) is 2.60. The molecule has 0 unspecified atom stereocenters. The molecule has 3 N–H and O–H groups in total. The maximum absolute atomic E-state index is 5.95. The zero-order valence-corrected chi connectivity index (χ0v) is 17.8. The van der Waals surface area contributed by atoms with Gasteiger partial charge in [-0.25, -0.2) is 4.99 Å². The fraction of sp³-hybridized carbons (Fsp3) is 0.316. The molecule has 0 bridgehead atoms. The van der Waals surface area contributed by atoms with Crippen molar-refractivity contribution < 1.29 is 14.2 Å². The van der Waals surface area contributed by atoms with Crippen molar-refractivity contribution in [2.24, 2.45) is 10.7 Å². The highest BCUT2D eigenvalue weighted by Crippen LogP contribution is 2.29. The van der Waals surface area contributed by atoms with Gasteiger partial charge in [-0.05, 0) is 43.7 Å². The Bertz CT molecular complexity index is 718. The third-order valence-electron chi connectivity index (χ3n) is 3.38. The average molecular weight is 471 g/mol. The van der Waals surface area contributed by atoms with Gasteiger partial charge in [0.05, 0.1) is 26.9 Å². The minimum atomic E-state index is 0. The number of hydrogen-bond donors (Lipinski definition) is 2. The molecule has 2 aromatic carbocycles. The molecule has 0 aliphatic carbocycles. The Morgan fingerprint density at radius 2 is 1.69 bits per heavy atom. The van der Waals surface area contributed by atoms with Gasteiger partial charge in [-0.2, -0.15) is 0 Å². The summed E-state index contributed by atoms with van der Waals surface area (Å²) in [5.74, 6) is 2.46. The Kier molecular flexibility index (Phi) is 9.04. The Hall–Kier alpha value is -2.16. The summed E-state index contributed by atoms with van der Waals surface area (Å²) in [7, 11) is 3.18. The van der Waals surface area contributed by atoms with Crippen LogP contribution in [0.15, 0.2) is 47.5 Å². The second kappa shape index (κ2) is 10.7. The summed E-state index contributed by atoms with van der Waals surface area (Å²) in [5.41, 5.74) is 7.78. The van der Waals surface area contributed by atoms with Crippen LogP contribution in [-0.4, -0.2) is 26.3 Å². The smallest absolute Gasteiger partial charge is 0.193 e. The third-order valence-corrected chi connectivity index (χ3v) is 3.38. The molecule has 0 heterocycles. The van der Waals surface area contributed by atoms with Crippen LogP contribution in [-0.2, 0) is 6.54 Å². The largest absolute Gasteiger partial charge is 0.493 e. The van der Waals surface area contributed by atoms with Crippen LogP contribution in [0.2, 0.25) is 0 Å². The summed E-state index contributed by atoms with van der Waals surface area (Å²) in [6.07, 6.45) is 0.158. The molecular weight excluding hydrogens is 445 g/mol. The topological polar surface area (TPSA) is 78.1 Å². The molecule has 7 heteroatoms. The number of halogens is 1. The fourth-order valence-electron chi connectivity index (χ4n) is 2.22. The van der Waals surface area contributed by atoms with Crippen molar-refractivity contribution in [1.29, 1.82) is 0 Å². The Labute approximate surface area is 171 Å². The molecule has 0 saturated heterocycles. The first-order valence-corrected chi connectivity index (χ1v) is 8.06.